The number of nitrogens with zero attached hydrogens (tertiary/aromatic N) is 1. The highest BCUT2D eigenvalue weighted by Gasteiger charge is 2.39. The number of rotatable bonds is 16. The van der Waals surface area contributed by atoms with Crippen LogP contribution in [0.2, 0.25) is 0 Å². The molecule has 0 saturated carbocycles. The topological polar surface area (TPSA) is 95.9 Å². The number of methoxy groups -OCH3 is 2. The van der Waals surface area contributed by atoms with E-state index >= 15 is 0 Å². The van der Waals surface area contributed by atoms with Gasteiger partial charge in [-0.2, -0.15) is 0 Å². The summed E-state index contributed by atoms with van der Waals surface area (Å²) in [5.74, 6) is 0.521. The van der Waals surface area contributed by atoms with Crippen LogP contribution in [0.25, 0.3) is 0 Å². The molecule has 1 heterocycles. The molecule has 9 heteroatoms. The Morgan fingerprint density at radius 1 is 1.16 bits per heavy atom. The van der Waals surface area contributed by atoms with Gasteiger partial charge in [-0.1, -0.05) is 13.8 Å². The molecule has 0 aliphatic carbocycles. The number of hydrogen-bond donors (Lipinski definition) is 1. The quantitative estimate of drug-likeness (QED) is 0.282. The van der Waals surface area contributed by atoms with Gasteiger partial charge < -0.3 is 38.4 Å². The summed E-state index contributed by atoms with van der Waals surface area (Å²) in [7, 11) is 4.76. The summed E-state index contributed by atoms with van der Waals surface area (Å²) in [5, 5.41) is 8.72. The van der Waals surface area contributed by atoms with Crippen molar-refractivity contribution in [3.05, 3.63) is 11.8 Å². The van der Waals surface area contributed by atoms with Crippen LogP contribution in [0, 0.1) is 17.8 Å². The third-order valence-electron chi connectivity index (χ3n) is 5.24. The van der Waals surface area contributed by atoms with E-state index in [1.54, 1.807) is 7.05 Å². The van der Waals surface area contributed by atoms with Crippen molar-refractivity contribution in [3.63, 3.8) is 0 Å². The number of ether oxygens (including phenoxy) is 6. The van der Waals surface area contributed by atoms with Gasteiger partial charge in [-0.15, -0.1) is 0 Å². The van der Waals surface area contributed by atoms with Crippen LogP contribution in [0.5, 0.6) is 0 Å². The van der Waals surface area contributed by atoms with E-state index in [0.29, 0.717) is 44.7 Å². The van der Waals surface area contributed by atoms with E-state index < -0.39 is 12.6 Å². The fourth-order valence-electron chi connectivity index (χ4n) is 3.54. The molecule has 1 rings (SSSR count). The highest BCUT2D eigenvalue weighted by Crippen LogP contribution is 2.36. The Hall–Kier alpha value is -1.23. The molecule has 1 aliphatic heterocycles. The lowest BCUT2D eigenvalue weighted by Gasteiger charge is -2.39. The average molecular weight is 448 g/mol. The van der Waals surface area contributed by atoms with Crippen LogP contribution in [-0.4, -0.2) is 95.9 Å². The molecule has 3 atom stereocenters. The Morgan fingerprint density at radius 2 is 1.81 bits per heavy atom. The lowest BCUT2D eigenvalue weighted by molar-refractivity contribution is -0.181. The Morgan fingerprint density at radius 3 is 2.35 bits per heavy atom. The van der Waals surface area contributed by atoms with E-state index in [0.717, 1.165) is 6.42 Å². The molecule has 31 heavy (non-hydrogen) atoms. The summed E-state index contributed by atoms with van der Waals surface area (Å²) in [6.07, 6.45) is 1.62. The largest absolute Gasteiger partial charge is 0.459 e. The van der Waals surface area contributed by atoms with Crippen LogP contribution in [0.1, 0.15) is 27.2 Å². The first-order chi connectivity index (χ1) is 14.9. The van der Waals surface area contributed by atoms with E-state index in [-0.39, 0.29) is 30.9 Å². The van der Waals surface area contributed by atoms with Gasteiger partial charge in [0.2, 0.25) is 6.29 Å². The molecule has 0 saturated heterocycles. The second-order valence-corrected chi connectivity index (χ2v) is 7.78. The second-order valence-electron chi connectivity index (χ2n) is 7.78. The standard InChI is InChI=1S/C22H41NO8/c1-7-30-22-17(8-10-28-12-13-29-11-9-24)18(16(2)3)14-19(31-22)21(25)23(4)15-20(26-5)27-6/h14,16-18,20,22,24H,7-13,15H2,1-6H3. The van der Waals surface area contributed by atoms with Gasteiger partial charge in [0.05, 0.1) is 33.0 Å². The molecule has 0 spiro atoms. The lowest BCUT2D eigenvalue weighted by Crippen LogP contribution is -2.43. The van der Waals surface area contributed by atoms with Gasteiger partial charge in [0.1, 0.15) is 0 Å². The Bertz CT molecular complexity index is 524. The second kappa shape index (κ2) is 15.6. The van der Waals surface area contributed by atoms with Gasteiger partial charge in [-0.05, 0) is 31.3 Å². The zero-order valence-electron chi connectivity index (χ0n) is 19.9. The van der Waals surface area contributed by atoms with Gasteiger partial charge in [0, 0.05) is 40.4 Å². The summed E-state index contributed by atoms with van der Waals surface area (Å²) in [5.41, 5.74) is 0. The molecule has 1 N–H and O–H groups in total. The van der Waals surface area contributed by atoms with E-state index in [2.05, 4.69) is 13.8 Å². The first-order valence-corrected chi connectivity index (χ1v) is 11.0. The molecule has 9 nitrogen and oxygen atoms in total. The molecule has 0 aromatic rings. The maximum absolute atomic E-state index is 13.0. The van der Waals surface area contributed by atoms with Crippen molar-refractivity contribution in [2.45, 2.75) is 39.8 Å². The summed E-state index contributed by atoms with van der Waals surface area (Å²) in [4.78, 5) is 14.5. The SMILES string of the molecule is CCOC1OC(C(=O)N(C)CC(OC)OC)=CC(C(C)C)C1CCOCCOCCO. The number of likely N-dealkylation sites (N-methyl/N-ethyl adjacent to an activating group) is 1. The minimum atomic E-state index is -0.523. The van der Waals surface area contributed by atoms with Crippen molar-refractivity contribution < 1.29 is 38.3 Å². The first-order valence-electron chi connectivity index (χ1n) is 11.0. The van der Waals surface area contributed by atoms with Gasteiger partial charge >= 0.3 is 0 Å². The minimum Gasteiger partial charge on any atom is -0.459 e. The Kier molecular flexibility index (Phi) is 13.9. The molecule has 0 fully saturated rings. The van der Waals surface area contributed by atoms with Gasteiger partial charge in [-0.25, -0.2) is 0 Å². The molecule has 0 radical (unpaired) electrons. The number of carbonyl (C=O) groups excluding carboxylic acids is 1. The number of aliphatic hydroxyl groups is 1. The predicted octanol–water partition coefficient (Wildman–Crippen LogP) is 1.64. The summed E-state index contributed by atoms with van der Waals surface area (Å²) in [6.45, 7) is 8.69. The van der Waals surface area contributed by atoms with Crippen molar-refractivity contribution in [2.75, 3.05) is 67.5 Å². The van der Waals surface area contributed by atoms with Crippen molar-refractivity contribution >= 4 is 5.91 Å². The fraction of sp³-hybridized carbons (Fsp3) is 0.864. The maximum Gasteiger partial charge on any atom is 0.288 e. The fourth-order valence-corrected chi connectivity index (χ4v) is 3.54. The van der Waals surface area contributed by atoms with E-state index in [4.69, 9.17) is 33.5 Å². The van der Waals surface area contributed by atoms with Crippen LogP contribution in [-0.2, 0) is 33.2 Å². The van der Waals surface area contributed by atoms with E-state index in [1.807, 2.05) is 13.0 Å². The summed E-state index contributed by atoms with van der Waals surface area (Å²) < 4.78 is 33.2. The van der Waals surface area contributed by atoms with Gasteiger partial charge in [-0.3, -0.25) is 4.79 Å². The highest BCUT2D eigenvalue weighted by atomic mass is 16.7. The van der Waals surface area contributed by atoms with E-state index in [1.165, 1.54) is 19.1 Å². The zero-order chi connectivity index (χ0) is 23.2. The van der Waals surface area contributed by atoms with Crippen molar-refractivity contribution in [2.24, 2.45) is 17.8 Å². The van der Waals surface area contributed by atoms with Crippen molar-refractivity contribution in [1.29, 1.82) is 0 Å². The Balaban J connectivity index is 2.81. The average Bonchev–Trinajstić information content (AvgIpc) is 2.76. The minimum absolute atomic E-state index is 0.00564. The van der Waals surface area contributed by atoms with Gasteiger partial charge in [0.15, 0.2) is 12.0 Å². The number of allylic oxidation sites excluding steroid dienone is 1. The third-order valence-corrected chi connectivity index (χ3v) is 5.24. The van der Waals surface area contributed by atoms with Crippen LogP contribution in [0.3, 0.4) is 0 Å². The van der Waals surface area contributed by atoms with E-state index in [9.17, 15) is 4.79 Å². The molecule has 1 aliphatic rings. The number of carbonyl (C=O) groups is 1. The summed E-state index contributed by atoms with van der Waals surface area (Å²) in [6, 6.07) is 0. The molecular formula is C22H41NO8. The molecule has 0 aromatic heterocycles. The van der Waals surface area contributed by atoms with Crippen LogP contribution in [0.15, 0.2) is 11.8 Å². The zero-order valence-corrected chi connectivity index (χ0v) is 19.9. The number of amides is 1. The van der Waals surface area contributed by atoms with Crippen molar-refractivity contribution in [3.8, 4) is 0 Å². The first kappa shape index (κ1) is 27.8. The molecule has 182 valence electrons. The number of aliphatic hydroxyl groups excluding tert-OH is 1. The van der Waals surface area contributed by atoms with Crippen molar-refractivity contribution in [1.82, 2.24) is 4.90 Å². The monoisotopic (exact) mass is 447 g/mol. The molecular weight excluding hydrogens is 406 g/mol. The van der Waals surface area contributed by atoms with Crippen LogP contribution in [0.4, 0.5) is 0 Å². The smallest absolute Gasteiger partial charge is 0.288 e. The van der Waals surface area contributed by atoms with Crippen LogP contribution < -0.4 is 0 Å². The predicted molar refractivity (Wildman–Crippen MR) is 115 cm³/mol. The highest BCUT2D eigenvalue weighted by molar-refractivity contribution is 5.91. The van der Waals surface area contributed by atoms with Gasteiger partial charge in [0.25, 0.3) is 5.91 Å². The third kappa shape index (κ3) is 9.43. The lowest BCUT2D eigenvalue weighted by atomic mass is 9.79. The molecule has 3 unspecified atom stereocenters. The van der Waals surface area contributed by atoms with Crippen LogP contribution >= 0.6 is 0 Å². The number of hydrogen-bond acceptors (Lipinski definition) is 8. The molecule has 0 aromatic carbocycles. The Labute approximate surface area is 186 Å². The maximum atomic E-state index is 13.0. The summed E-state index contributed by atoms with van der Waals surface area (Å²) >= 11 is 0. The molecule has 0 bridgehead atoms. The normalized spacial score (nSPS) is 21.3. The molecule has 1 amide bonds.